The molecule has 0 saturated heterocycles. The molecule has 1 aromatic heterocycles. The molecule has 1 aromatic carbocycles. The van der Waals surface area contributed by atoms with Crippen LogP contribution in [0.5, 0.6) is 5.75 Å². The number of nitrogens with zero attached hydrogens (tertiary/aromatic N) is 3. The number of rotatable bonds is 6. The molecule has 2 aromatic rings. The largest absolute Gasteiger partial charge is 0.494 e. The van der Waals surface area contributed by atoms with Crippen LogP contribution in [0.15, 0.2) is 30.5 Å². The van der Waals surface area contributed by atoms with E-state index in [0.717, 1.165) is 18.0 Å². The average Bonchev–Trinajstić information content (AvgIpc) is 2.83. The first-order valence-electron chi connectivity index (χ1n) is 6.50. The van der Waals surface area contributed by atoms with Crippen LogP contribution in [-0.4, -0.2) is 21.6 Å². The van der Waals surface area contributed by atoms with E-state index in [1.165, 1.54) is 5.56 Å². The third-order valence-corrected chi connectivity index (χ3v) is 3.09. The number of ether oxygens (including phenoxy) is 1. The van der Waals surface area contributed by atoms with Crippen LogP contribution in [0.3, 0.4) is 0 Å². The van der Waals surface area contributed by atoms with Crippen molar-refractivity contribution in [2.45, 2.75) is 26.4 Å². The molecule has 102 valence electrons. The Morgan fingerprint density at radius 2 is 2.05 bits per heavy atom. The molecule has 0 radical (unpaired) electrons. The Bertz CT molecular complexity index is 506. The van der Waals surface area contributed by atoms with Gasteiger partial charge in [-0.05, 0) is 31.5 Å². The average molecular weight is 260 g/mol. The SMILES string of the molecule is CCOc1ccc(C(C)NCc2cnnn2C)cc1. The van der Waals surface area contributed by atoms with Gasteiger partial charge in [0.15, 0.2) is 0 Å². The van der Waals surface area contributed by atoms with Crippen LogP contribution in [0.2, 0.25) is 0 Å². The van der Waals surface area contributed by atoms with Gasteiger partial charge in [-0.25, -0.2) is 0 Å². The number of hydrogen-bond donors (Lipinski definition) is 1. The maximum atomic E-state index is 5.43. The minimum absolute atomic E-state index is 0.269. The van der Waals surface area contributed by atoms with E-state index in [4.69, 9.17) is 4.74 Å². The van der Waals surface area contributed by atoms with E-state index in [2.05, 4.69) is 34.7 Å². The van der Waals surface area contributed by atoms with Crippen molar-refractivity contribution in [3.8, 4) is 5.75 Å². The molecule has 0 aliphatic rings. The summed E-state index contributed by atoms with van der Waals surface area (Å²) in [6.07, 6.45) is 1.78. The number of aromatic nitrogens is 3. The molecule has 0 fully saturated rings. The van der Waals surface area contributed by atoms with Crippen LogP contribution in [0.4, 0.5) is 0 Å². The van der Waals surface area contributed by atoms with Crippen molar-refractivity contribution in [2.24, 2.45) is 7.05 Å². The fraction of sp³-hybridized carbons (Fsp3) is 0.429. The Kier molecular flexibility index (Phi) is 4.52. The lowest BCUT2D eigenvalue weighted by Gasteiger charge is -2.14. The lowest BCUT2D eigenvalue weighted by molar-refractivity contribution is 0.340. The second kappa shape index (κ2) is 6.33. The third kappa shape index (κ3) is 3.54. The normalized spacial score (nSPS) is 12.4. The highest BCUT2D eigenvalue weighted by Crippen LogP contribution is 2.17. The molecule has 0 amide bonds. The van der Waals surface area contributed by atoms with E-state index in [1.54, 1.807) is 10.9 Å². The van der Waals surface area contributed by atoms with Crippen molar-refractivity contribution >= 4 is 0 Å². The number of hydrogen-bond acceptors (Lipinski definition) is 4. The molecule has 0 aliphatic carbocycles. The summed E-state index contributed by atoms with van der Waals surface area (Å²) in [5.41, 5.74) is 2.30. The third-order valence-electron chi connectivity index (χ3n) is 3.09. The van der Waals surface area contributed by atoms with E-state index >= 15 is 0 Å². The van der Waals surface area contributed by atoms with Gasteiger partial charge in [0.2, 0.25) is 0 Å². The number of benzene rings is 1. The monoisotopic (exact) mass is 260 g/mol. The second-order valence-corrected chi connectivity index (χ2v) is 4.45. The Hall–Kier alpha value is -1.88. The molecule has 5 nitrogen and oxygen atoms in total. The van der Waals surface area contributed by atoms with Crippen molar-refractivity contribution in [3.63, 3.8) is 0 Å². The zero-order valence-electron chi connectivity index (χ0n) is 11.6. The minimum Gasteiger partial charge on any atom is -0.494 e. The van der Waals surface area contributed by atoms with Gasteiger partial charge in [0.1, 0.15) is 5.75 Å². The van der Waals surface area contributed by atoms with Crippen molar-refractivity contribution in [2.75, 3.05) is 6.61 Å². The quantitative estimate of drug-likeness (QED) is 0.864. The molecule has 1 atom stereocenters. The van der Waals surface area contributed by atoms with E-state index in [0.29, 0.717) is 6.61 Å². The van der Waals surface area contributed by atoms with Crippen LogP contribution >= 0.6 is 0 Å². The van der Waals surface area contributed by atoms with E-state index in [1.807, 2.05) is 26.1 Å². The standard InChI is InChI=1S/C14H20N4O/c1-4-19-14-7-5-12(6-8-14)11(2)15-9-13-10-16-17-18(13)3/h5-8,10-11,15H,4,9H2,1-3H3. The maximum Gasteiger partial charge on any atom is 0.119 e. The molecular weight excluding hydrogens is 240 g/mol. The summed E-state index contributed by atoms with van der Waals surface area (Å²) in [5, 5.41) is 11.2. The predicted molar refractivity (Wildman–Crippen MR) is 73.9 cm³/mol. The maximum absolute atomic E-state index is 5.43. The van der Waals surface area contributed by atoms with E-state index in [9.17, 15) is 0 Å². The molecule has 0 spiro atoms. The van der Waals surface area contributed by atoms with Crippen molar-refractivity contribution in [3.05, 3.63) is 41.7 Å². The molecule has 0 aliphatic heterocycles. The predicted octanol–water partition coefficient (Wildman–Crippen LogP) is 2.06. The first-order valence-corrected chi connectivity index (χ1v) is 6.50. The molecule has 1 heterocycles. The van der Waals surface area contributed by atoms with Gasteiger partial charge >= 0.3 is 0 Å². The molecular formula is C14H20N4O. The summed E-state index contributed by atoms with van der Waals surface area (Å²) in [6.45, 7) is 5.57. The number of aryl methyl sites for hydroxylation is 1. The van der Waals surface area contributed by atoms with Crippen LogP contribution in [-0.2, 0) is 13.6 Å². The molecule has 19 heavy (non-hydrogen) atoms. The Balaban J connectivity index is 1.92. The van der Waals surface area contributed by atoms with Gasteiger partial charge < -0.3 is 10.1 Å². The van der Waals surface area contributed by atoms with Gasteiger partial charge in [-0.3, -0.25) is 4.68 Å². The van der Waals surface area contributed by atoms with Crippen molar-refractivity contribution < 1.29 is 4.74 Å². The summed E-state index contributed by atoms with van der Waals surface area (Å²) in [7, 11) is 1.89. The molecule has 1 unspecified atom stereocenters. The fourth-order valence-corrected chi connectivity index (χ4v) is 1.87. The lowest BCUT2D eigenvalue weighted by Crippen LogP contribution is -2.19. The van der Waals surface area contributed by atoms with Gasteiger partial charge in [0.25, 0.3) is 0 Å². The summed E-state index contributed by atoms with van der Waals surface area (Å²) < 4.78 is 7.21. The summed E-state index contributed by atoms with van der Waals surface area (Å²) in [5.74, 6) is 0.911. The van der Waals surface area contributed by atoms with Gasteiger partial charge in [-0.1, -0.05) is 17.3 Å². The van der Waals surface area contributed by atoms with Gasteiger partial charge in [-0.2, -0.15) is 0 Å². The van der Waals surface area contributed by atoms with Crippen molar-refractivity contribution in [1.29, 1.82) is 0 Å². The van der Waals surface area contributed by atoms with Gasteiger partial charge in [0, 0.05) is 19.6 Å². The highest BCUT2D eigenvalue weighted by atomic mass is 16.5. The zero-order valence-corrected chi connectivity index (χ0v) is 11.6. The molecule has 2 rings (SSSR count). The molecule has 0 bridgehead atoms. The highest BCUT2D eigenvalue weighted by Gasteiger charge is 2.07. The summed E-state index contributed by atoms with van der Waals surface area (Å²) >= 11 is 0. The Labute approximate surface area is 113 Å². The topological polar surface area (TPSA) is 52.0 Å². The van der Waals surface area contributed by atoms with Crippen LogP contribution in [0, 0.1) is 0 Å². The first kappa shape index (κ1) is 13.5. The van der Waals surface area contributed by atoms with Crippen molar-refractivity contribution in [1.82, 2.24) is 20.3 Å². The Morgan fingerprint density at radius 3 is 2.63 bits per heavy atom. The van der Waals surface area contributed by atoms with Crippen LogP contribution in [0.1, 0.15) is 31.1 Å². The highest BCUT2D eigenvalue weighted by molar-refractivity contribution is 5.28. The lowest BCUT2D eigenvalue weighted by atomic mass is 10.1. The Morgan fingerprint density at radius 1 is 1.32 bits per heavy atom. The molecule has 1 N–H and O–H groups in total. The van der Waals surface area contributed by atoms with Gasteiger partial charge in [-0.15, -0.1) is 5.10 Å². The second-order valence-electron chi connectivity index (χ2n) is 4.45. The van der Waals surface area contributed by atoms with Gasteiger partial charge in [0.05, 0.1) is 18.5 Å². The van der Waals surface area contributed by atoms with E-state index < -0.39 is 0 Å². The fourth-order valence-electron chi connectivity index (χ4n) is 1.87. The summed E-state index contributed by atoms with van der Waals surface area (Å²) in [4.78, 5) is 0. The number of nitrogens with one attached hydrogen (secondary N) is 1. The first-order chi connectivity index (χ1) is 9.20. The van der Waals surface area contributed by atoms with Crippen LogP contribution < -0.4 is 10.1 Å². The van der Waals surface area contributed by atoms with Crippen LogP contribution in [0.25, 0.3) is 0 Å². The smallest absolute Gasteiger partial charge is 0.119 e. The van der Waals surface area contributed by atoms with E-state index in [-0.39, 0.29) is 6.04 Å². The summed E-state index contributed by atoms with van der Waals surface area (Å²) in [6, 6.07) is 8.45. The molecule has 5 heteroatoms. The zero-order chi connectivity index (χ0) is 13.7. The molecule has 0 saturated carbocycles. The minimum atomic E-state index is 0.269.